The average Bonchev–Trinajstić information content (AvgIpc) is 3.39. The Morgan fingerprint density at radius 1 is 1.19 bits per heavy atom. The summed E-state index contributed by atoms with van der Waals surface area (Å²) in [5.41, 5.74) is 3.88. The zero-order valence-corrected chi connectivity index (χ0v) is 15.6. The second-order valence-electron chi connectivity index (χ2n) is 6.42. The van der Waals surface area contributed by atoms with Gasteiger partial charge in [-0.05, 0) is 46.0 Å². The van der Waals surface area contributed by atoms with Crippen molar-refractivity contribution in [3.63, 3.8) is 0 Å². The zero-order valence-electron chi connectivity index (χ0n) is 14.8. The van der Waals surface area contributed by atoms with Gasteiger partial charge in [0.1, 0.15) is 0 Å². The van der Waals surface area contributed by atoms with Gasteiger partial charge in [-0.1, -0.05) is 54.2 Å². The predicted octanol–water partition coefficient (Wildman–Crippen LogP) is 3.68. The molecule has 0 spiro atoms. The van der Waals surface area contributed by atoms with E-state index in [0.717, 1.165) is 41.5 Å². The Morgan fingerprint density at radius 2 is 2.04 bits per heavy atom. The number of ether oxygens (including phenoxy) is 1. The van der Waals surface area contributed by atoms with Crippen LogP contribution in [0.2, 0.25) is 0 Å². The van der Waals surface area contributed by atoms with Crippen LogP contribution in [0, 0.1) is 11.3 Å². The van der Waals surface area contributed by atoms with Gasteiger partial charge in [-0.2, -0.15) is 5.26 Å². The monoisotopic (exact) mass is 377 g/mol. The lowest BCUT2D eigenvalue weighted by atomic mass is 10.00. The Labute approximate surface area is 162 Å². The van der Waals surface area contributed by atoms with Crippen LogP contribution in [0.4, 0.5) is 0 Å². The van der Waals surface area contributed by atoms with Gasteiger partial charge in [0.05, 0.1) is 24.3 Å². The Kier molecular flexibility index (Phi) is 5.47. The minimum absolute atomic E-state index is 0.215. The molecule has 1 aromatic heterocycles. The average molecular weight is 377 g/mol. The molecule has 0 saturated carbocycles. The molecule has 1 atom stereocenters. The fraction of sp³-hybridized carbons (Fsp3) is 0.300. The van der Waals surface area contributed by atoms with Gasteiger partial charge in [0, 0.05) is 12.4 Å². The third kappa shape index (κ3) is 4.18. The normalized spacial score (nSPS) is 16.3. The highest BCUT2D eigenvalue weighted by Gasteiger charge is 2.18. The first-order valence-corrected chi connectivity index (χ1v) is 9.91. The first-order valence-electron chi connectivity index (χ1n) is 8.92. The summed E-state index contributed by atoms with van der Waals surface area (Å²) in [5, 5.41) is 22.1. The minimum Gasteiger partial charge on any atom is -0.376 e. The van der Waals surface area contributed by atoms with E-state index in [-0.39, 0.29) is 6.10 Å². The molecule has 1 fully saturated rings. The second-order valence-corrected chi connectivity index (χ2v) is 7.36. The number of nitrogens with zero attached hydrogens (tertiary/aromatic N) is 5. The van der Waals surface area contributed by atoms with Crippen molar-refractivity contribution in [3.05, 3.63) is 59.7 Å². The van der Waals surface area contributed by atoms with Crippen molar-refractivity contribution < 1.29 is 4.74 Å². The molecule has 1 aliphatic heterocycles. The summed E-state index contributed by atoms with van der Waals surface area (Å²) in [5.74, 6) is 0.784. The van der Waals surface area contributed by atoms with Crippen LogP contribution in [0.15, 0.2) is 53.7 Å². The zero-order chi connectivity index (χ0) is 18.5. The van der Waals surface area contributed by atoms with Gasteiger partial charge in [0.15, 0.2) is 0 Å². The van der Waals surface area contributed by atoms with Crippen LogP contribution in [-0.2, 0) is 17.0 Å². The molecule has 0 amide bonds. The molecule has 6 nitrogen and oxygen atoms in total. The molecule has 1 aliphatic rings. The molecule has 0 unspecified atom stereocenters. The number of tetrazole rings is 1. The highest BCUT2D eigenvalue weighted by molar-refractivity contribution is 7.98. The van der Waals surface area contributed by atoms with Crippen LogP contribution in [0.3, 0.4) is 0 Å². The van der Waals surface area contributed by atoms with Crippen molar-refractivity contribution in [2.24, 2.45) is 0 Å². The van der Waals surface area contributed by atoms with Crippen molar-refractivity contribution in [1.82, 2.24) is 20.2 Å². The molecule has 2 heterocycles. The van der Waals surface area contributed by atoms with Crippen molar-refractivity contribution in [2.75, 3.05) is 6.61 Å². The SMILES string of the molecule is N#Cc1ccccc1-c1ccc(CSc2nnnn2C[C@@H]2CCCO2)cc1. The van der Waals surface area contributed by atoms with E-state index in [1.54, 1.807) is 11.8 Å². The summed E-state index contributed by atoms with van der Waals surface area (Å²) in [7, 11) is 0. The Balaban J connectivity index is 1.41. The first-order chi connectivity index (χ1) is 13.3. The standard InChI is InChI=1S/C20H19N5OS/c21-12-17-4-1-2-6-19(17)16-9-7-15(8-10-16)14-27-20-22-23-24-25(20)13-18-5-3-11-26-18/h1-2,4,6-10,18H,3,5,11,13-14H2/t18-/m0/s1. The first kappa shape index (κ1) is 17.7. The number of hydrogen-bond donors (Lipinski definition) is 0. The van der Waals surface area contributed by atoms with Crippen molar-refractivity contribution in [1.29, 1.82) is 5.26 Å². The van der Waals surface area contributed by atoms with Gasteiger partial charge in [-0.25, -0.2) is 4.68 Å². The van der Waals surface area contributed by atoms with Gasteiger partial charge in [0.2, 0.25) is 5.16 Å². The lowest BCUT2D eigenvalue weighted by Gasteiger charge is -2.10. The van der Waals surface area contributed by atoms with E-state index in [1.165, 1.54) is 5.56 Å². The quantitative estimate of drug-likeness (QED) is 0.610. The van der Waals surface area contributed by atoms with E-state index in [4.69, 9.17) is 4.74 Å². The van der Waals surface area contributed by atoms with Crippen LogP contribution in [0.5, 0.6) is 0 Å². The molecular weight excluding hydrogens is 358 g/mol. The largest absolute Gasteiger partial charge is 0.376 e. The number of rotatable bonds is 6. The third-order valence-electron chi connectivity index (χ3n) is 4.58. The van der Waals surface area contributed by atoms with Crippen molar-refractivity contribution in [3.8, 4) is 17.2 Å². The molecule has 1 saturated heterocycles. The van der Waals surface area contributed by atoms with Crippen LogP contribution < -0.4 is 0 Å². The minimum atomic E-state index is 0.215. The molecule has 136 valence electrons. The van der Waals surface area contributed by atoms with Crippen LogP contribution in [-0.4, -0.2) is 32.9 Å². The number of thioether (sulfide) groups is 1. The van der Waals surface area contributed by atoms with Crippen molar-refractivity contribution in [2.45, 2.75) is 36.4 Å². The van der Waals surface area contributed by atoms with Crippen LogP contribution in [0.1, 0.15) is 24.0 Å². The molecule has 3 aromatic rings. The lowest BCUT2D eigenvalue weighted by molar-refractivity contribution is 0.0912. The highest BCUT2D eigenvalue weighted by atomic mass is 32.2. The summed E-state index contributed by atoms with van der Waals surface area (Å²) in [6.07, 6.45) is 2.39. The molecule has 0 bridgehead atoms. The molecule has 4 rings (SSSR count). The summed E-state index contributed by atoms with van der Waals surface area (Å²) >= 11 is 1.62. The van der Waals surface area contributed by atoms with Crippen LogP contribution in [0.25, 0.3) is 11.1 Å². The van der Waals surface area contributed by atoms with Gasteiger partial charge in [0.25, 0.3) is 0 Å². The number of nitriles is 1. The molecule has 0 radical (unpaired) electrons. The molecule has 0 aliphatic carbocycles. The van der Waals surface area contributed by atoms with E-state index in [1.807, 2.05) is 28.9 Å². The smallest absolute Gasteiger partial charge is 0.209 e. The molecule has 7 heteroatoms. The fourth-order valence-electron chi connectivity index (χ4n) is 3.16. The topological polar surface area (TPSA) is 76.6 Å². The summed E-state index contributed by atoms with van der Waals surface area (Å²) in [4.78, 5) is 0. The van der Waals surface area contributed by atoms with Crippen LogP contribution >= 0.6 is 11.8 Å². The maximum Gasteiger partial charge on any atom is 0.209 e. The fourth-order valence-corrected chi connectivity index (χ4v) is 4.00. The van der Waals surface area contributed by atoms with E-state index in [2.05, 4.69) is 45.9 Å². The molecule has 2 aromatic carbocycles. The molecule has 27 heavy (non-hydrogen) atoms. The van der Waals surface area contributed by atoms with E-state index < -0.39 is 0 Å². The lowest BCUT2D eigenvalue weighted by Crippen LogP contribution is -2.16. The summed E-state index contributed by atoms with van der Waals surface area (Å²) < 4.78 is 7.50. The molecular formula is C20H19N5OS. The maximum atomic E-state index is 9.27. The second kappa shape index (κ2) is 8.33. The summed E-state index contributed by atoms with van der Waals surface area (Å²) in [6.45, 7) is 1.54. The third-order valence-corrected chi connectivity index (χ3v) is 5.61. The maximum absolute atomic E-state index is 9.27. The predicted molar refractivity (Wildman–Crippen MR) is 103 cm³/mol. The highest BCUT2D eigenvalue weighted by Crippen LogP contribution is 2.26. The van der Waals surface area contributed by atoms with E-state index in [9.17, 15) is 5.26 Å². The number of benzene rings is 2. The summed E-state index contributed by atoms with van der Waals surface area (Å²) in [6, 6.07) is 18.2. The van der Waals surface area contributed by atoms with E-state index >= 15 is 0 Å². The number of hydrogen-bond acceptors (Lipinski definition) is 6. The van der Waals surface area contributed by atoms with Gasteiger partial charge in [-0.15, -0.1) is 5.10 Å². The van der Waals surface area contributed by atoms with Gasteiger partial charge < -0.3 is 4.74 Å². The van der Waals surface area contributed by atoms with Crippen molar-refractivity contribution >= 4 is 11.8 Å². The van der Waals surface area contributed by atoms with Gasteiger partial charge in [-0.3, -0.25) is 0 Å². The van der Waals surface area contributed by atoms with E-state index in [0.29, 0.717) is 12.1 Å². The number of aromatic nitrogens is 4. The van der Waals surface area contributed by atoms with Gasteiger partial charge >= 0.3 is 0 Å². The molecule has 0 N–H and O–H groups in total. The Morgan fingerprint density at radius 3 is 2.81 bits per heavy atom. The Bertz CT molecular complexity index is 942. The Hall–Kier alpha value is -2.69.